The molecule has 0 aromatic heterocycles. The van der Waals surface area contributed by atoms with Gasteiger partial charge in [0.05, 0.1) is 0 Å². The third-order valence-electron chi connectivity index (χ3n) is 3.00. The van der Waals surface area contributed by atoms with Gasteiger partial charge in [-0.15, -0.1) is 0 Å². The Labute approximate surface area is 90.1 Å². The first kappa shape index (κ1) is 10.6. The van der Waals surface area contributed by atoms with Gasteiger partial charge >= 0.3 is 0 Å². The molecule has 0 unspecified atom stereocenters. The number of nitrogens with zero attached hydrogens (tertiary/aromatic N) is 1. The SMILES string of the molecule is Cc1ccc(F)c(CN(C)C2CNC2)c1. The zero-order valence-electron chi connectivity index (χ0n) is 9.26. The van der Waals surface area contributed by atoms with Crippen LogP contribution < -0.4 is 5.32 Å². The third-order valence-corrected chi connectivity index (χ3v) is 3.00. The fourth-order valence-corrected chi connectivity index (χ4v) is 1.81. The molecule has 15 heavy (non-hydrogen) atoms. The topological polar surface area (TPSA) is 15.3 Å². The van der Waals surface area contributed by atoms with E-state index >= 15 is 0 Å². The summed E-state index contributed by atoms with van der Waals surface area (Å²) in [6.45, 7) is 4.72. The number of benzene rings is 1. The van der Waals surface area contributed by atoms with E-state index in [-0.39, 0.29) is 5.82 Å². The Bertz CT molecular complexity index is 347. The summed E-state index contributed by atoms with van der Waals surface area (Å²) >= 11 is 0. The van der Waals surface area contributed by atoms with Gasteiger partial charge in [0.1, 0.15) is 5.82 Å². The van der Waals surface area contributed by atoms with E-state index in [4.69, 9.17) is 0 Å². The van der Waals surface area contributed by atoms with Gasteiger partial charge in [-0.1, -0.05) is 17.7 Å². The van der Waals surface area contributed by atoms with Crippen LogP contribution in [0.25, 0.3) is 0 Å². The van der Waals surface area contributed by atoms with Gasteiger partial charge in [0, 0.05) is 31.2 Å². The Morgan fingerprint density at radius 3 is 2.80 bits per heavy atom. The molecular formula is C12H17FN2. The fourth-order valence-electron chi connectivity index (χ4n) is 1.81. The molecule has 82 valence electrons. The molecule has 1 N–H and O–H groups in total. The third kappa shape index (κ3) is 2.36. The number of nitrogens with one attached hydrogen (secondary N) is 1. The van der Waals surface area contributed by atoms with Gasteiger partial charge in [-0.05, 0) is 20.0 Å². The molecule has 0 atom stereocenters. The number of hydrogen-bond acceptors (Lipinski definition) is 2. The van der Waals surface area contributed by atoms with E-state index in [0.29, 0.717) is 12.6 Å². The average molecular weight is 208 g/mol. The zero-order valence-corrected chi connectivity index (χ0v) is 9.26. The van der Waals surface area contributed by atoms with E-state index < -0.39 is 0 Å². The predicted molar refractivity (Wildman–Crippen MR) is 59.3 cm³/mol. The molecule has 0 saturated carbocycles. The fraction of sp³-hybridized carbons (Fsp3) is 0.500. The first-order chi connectivity index (χ1) is 7.16. The van der Waals surface area contributed by atoms with Crippen molar-refractivity contribution in [3.8, 4) is 0 Å². The highest BCUT2D eigenvalue weighted by molar-refractivity contribution is 5.24. The van der Waals surface area contributed by atoms with Crippen molar-refractivity contribution in [2.45, 2.75) is 19.5 Å². The van der Waals surface area contributed by atoms with Crippen LogP contribution in [0.5, 0.6) is 0 Å². The highest BCUT2D eigenvalue weighted by Crippen LogP contribution is 2.14. The van der Waals surface area contributed by atoms with Gasteiger partial charge in [0.25, 0.3) is 0 Å². The van der Waals surface area contributed by atoms with Crippen molar-refractivity contribution < 1.29 is 4.39 Å². The molecule has 3 heteroatoms. The maximum Gasteiger partial charge on any atom is 0.127 e. The molecule has 1 aromatic carbocycles. The lowest BCUT2D eigenvalue weighted by Crippen LogP contribution is -2.55. The second-order valence-electron chi connectivity index (χ2n) is 4.32. The van der Waals surface area contributed by atoms with Crippen LogP contribution in [0.4, 0.5) is 4.39 Å². The summed E-state index contributed by atoms with van der Waals surface area (Å²) in [5.41, 5.74) is 1.91. The smallest absolute Gasteiger partial charge is 0.127 e. The molecule has 2 nitrogen and oxygen atoms in total. The average Bonchev–Trinajstić information content (AvgIpc) is 2.08. The molecule has 1 aliphatic heterocycles. The number of rotatable bonds is 3. The van der Waals surface area contributed by atoms with Crippen molar-refractivity contribution in [1.29, 1.82) is 0 Å². The summed E-state index contributed by atoms with van der Waals surface area (Å²) in [5.74, 6) is -0.0975. The van der Waals surface area contributed by atoms with Gasteiger partial charge in [-0.2, -0.15) is 0 Å². The number of hydrogen-bond donors (Lipinski definition) is 1. The summed E-state index contributed by atoms with van der Waals surface area (Å²) < 4.78 is 13.5. The van der Waals surface area contributed by atoms with E-state index in [0.717, 1.165) is 24.2 Å². The van der Waals surface area contributed by atoms with Crippen molar-refractivity contribution in [1.82, 2.24) is 10.2 Å². The quantitative estimate of drug-likeness (QED) is 0.810. The molecule has 2 rings (SSSR count). The minimum Gasteiger partial charge on any atom is -0.314 e. The maximum atomic E-state index is 13.5. The molecule has 1 heterocycles. The first-order valence-electron chi connectivity index (χ1n) is 5.33. The van der Waals surface area contributed by atoms with E-state index in [1.807, 2.05) is 26.1 Å². The van der Waals surface area contributed by atoms with Crippen molar-refractivity contribution >= 4 is 0 Å². The van der Waals surface area contributed by atoms with Crippen LogP contribution in [0.2, 0.25) is 0 Å². The molecular weight excluding hydrogens is 191 g/mol. The summed E-state index contributed by atoms with van der Waals surface area (Å²) in [6.07, 6.45) is 0. The molecule has 0 radical (unpaired) electrons. The molecule has 0 amide bonds. The van der Waals surface area contributed by atoms with Gasteiger partial charge in [0.15, 0.2) is 0 Å². The Hall–Kier alpha value is -0.930. The minimum atomic E-state index is -0.0975. The minimum absolute atomic E-state index is 0.0975. The number of halogens is 1. The molecule has 0 aliphatic carbocycles. The lowest BCUT2D eigenvalue weighted by molar-refractivity contribution is 0.171. The largest absolute Gasteiger partial charge is 0.314 e. The van der Waals surface area contributed by atoms with E-state index in [1.54, 1.807) is 6.07 Å². The molecule has 0 spiro atoms. The van der Waals surface area contributed by atoms with Crippen LogP contribution in [0.1, 0.15) is 11.1 Å². The van der Waals surface area contributed by atoms with Gasteiger partial charge < -0.3 is 5.32 Å². The van der Waals surface area contributed by atoms with Crippen LogP contribution >= 0.6 is 0 Å². The van der Waals surface area contributed by atoms with Crippen LogP contribution in [0.15, 0.2) is 18.2 Å². The zero-order chi connectivity index (χ0) is 10.8. The maximum absolute atomic E-state index is 13.5. The predicted octanol–water partition coefficient (Wildman–Crippen LogP) is 1.54. The van der Waals surface area contributed by atoms with E-state index in [2.05, 4.69) is 10.2 Å². The van der Waals surface area contributed by atoms with Crippen molar-refractivity contribution in [2.24, 2.45) is 0 Å². The Balaban J connectivity index is 2.05. The lowest BCUT2D eigenvalue weighted by atomic mass is 10.1. The molecule has 1 saturated heterocycles. The molecule has 1 aromatic rings. The van der Waals surface area contributed by atoms with Crippen molar-refractivity contribution in [3.63, 3.8) is 0 Å². The summed E-state index contributed by atoms with van der Waals surface area (Å²) in [6, 6.07) is 5.85. The number of aryl methyl sites for hydroxylation is 1. The standard InChI is InChI=1S/C12H17FN2/c1-9-3-4-12(13)10(5-9)8-15(2)11-6-14-7-11/h3-5,11,14H,6-8H2,1-2H3. The Kier molecular flexibility index (Phi) is 3.03. The van der Waals surface area contributed by atoms with Crippen LogP contribution in [-0.4, -0.2) is 31.1 Å². The molecule has 0 bridgehead atoms. The van der Waals surface area contributed by atoms with E-state index in [1.165, 1.54) is 0 Å². The second kappa shape index (κ2) is 4.29. The van der Waals surface area contributed by atoms with Crippen molar-refractivity contribution in [3.05, 3.63) is 35.1 Å². The summed E-state index contributed by atoms with van der Waals surface area (Å²) in [5, 5.41) is 3.22. The van der Waals surface area contributed by atoms with Gasteiger partial charge in [0.2, 0.25) is 0 Å². The van der Waals surface area contributed by atoms with Gasteiger partial charge in [-0.3, -0.25) is 4.90 Å². The highest BCUT2D eigenvalue weighted by atomic mass is 19.1. The van der Waals surface area contributed by atoms with E-state index in [9.17, 15) is 4.39 Å². The van der Waals surface area contributed by atoms with Crippen LogP contribution in [0.3, 0.4) is 0 Å². The monoisotopic (exact) mass is 208 g/mol. The van der Waals surface area contributed by atoms with Crippen molar-refractivity contribution in [2.75, 3.05) is 20.1 Å². The van der Waals surface area contributed by atoms with Crippen LogP contribution in [0, 0.1) is 12.7 Å². The Morgan fingerprint density at radius 1 is 1.47 bits per heavy atom. The normalized spacial score (nSPS) is 16.8. The summed E-state index contributed by atoms with van der Waals surface area (Å²) in [7, 11) is 2.05. The lowest BCUT2D eigenvalue weighted by Gasteiger charge is -2.35. The summed E-state index contributed by atoms with van der Waals surface area (Å²) in [4.78, 5) is 2.20. The first-order valence-corrected chi connectivity index (χ1v) is 5.33. The van der Waals surface area contributed by atoms with Gasteiger partial charge in [-0.25, -0.2) is 4.39 Å². The molecule has 1 fully saturated rings. The second-order valence-corrected chi connectivity index (χ2v) is 4.32. The number of likely N-dealkylation sites (N-methyl/N-ethyl adjacent to an activating group) is 1. The molecule has 1 aliphatic rings. The highest BCUT2D eigenvalue weighted by Gasteiger charge is 2.21. The Morgan fingerprint density at radius 2 is 2.20 bits per heavy atom. The van der Waals surface area contributed by atoms with Crippen LogP contribution in [-0.2, 0) is 6.54 Å².